The molecule has 0 spiro atoms. The van der Waals surface area contributed by atoms with Gasteiger partial charge in [-0.1, -0.05) is 29.8 Å². The van der Waals surface area contributed by atoms with Gasteiger partial charge in [0.15, 0.2) is 0 Å². The molecule has 1 amide bonds. The summed E-state index contributed by atoms with van der Waals surface area (Å²) in [5.41, 5.74) is 1.66. The Morgan fingerprint density at radius 3 is 3.00 bits per heavy atom. The monoisotopic (exact) mass is 324 g/mol. The van der Waals surface area contributed by atoms with Crippen LogP contribution >= 0.6 is 22.9 Å². The van der Waals surface area contributed by atoms with Gasteiger partial charge in [-0.2, -0.15) is 0 Å². The maximum atomic E-state index is 11.8. The summed E-state index contributed by atoms with van der Waals surface area (Å²) in [6, 6.07) is 7.56. The van der Waals surface area contributed by atoms with E-state index in [0.29, 0.717) is 18.2 Å². The molecule has 0 atom stereocenters. The minimum atomic E-state index is -0.0258. The third-order valence-corrected chi connectivity index (χ3v) is 4.10. The van der Waals surface area contributed by atoms with Crippen LogP contribution in [0.1, 0.15) is 12.1 Å². The zero-order chi connectivity index (χ0) is 15.1. The lowest BCUT2D eigenvalue weighted by Gasteiger charge is -2.03. The topological polar surface area (TPSA) is 51.2 Å². The first kappa shape index (κ1) is 15.9. The number of methoxy groups -OCH3 is 1. The molecule has 0 aliphatic carbocycles. The van der Waals surface area contributed by atoms with Crippen molar-refractivity contribution in [3.05, 3.63) is 40.4 Å². The van der Waals surface area contributed by atoms with Crippen LogP contribution in [0.25, 0.3) is 10.6 Å². The Morgan fingerprint density at radius 2 is 2.24 bits per heavy atom. The number of ether oxygens (including phenoxy) is 1. The van der Waals surface area contributed by atoms with Gasteiger partial charge in [-0.15, -0.1) is 11.3 Å². The SMILES string of the molecule is COCCCNC(=O)Cc1csc(-c2ccccc2Cl)n1. The molecule has 0 aliphatic rings. The first-order valence-corrected chi connectivity index (χ1v) is 7.91. The number of thiazole rings is 1. The largest absolute Gasteiger partial charge is 0.385 e. The number of hydrogen-bond acceptors (Lipinski definition) is 4. The van der Waals surface area contributed by atoms with Gasteiger partial charge in [0.05, 0.1) is 17.1 Å². The van der Waals surface area contributed by atoms with Crippen LogP contribution in [0.3, 0.4) is 0 Å². The van der Waals surface area contributed by atoms with Crippen LogP contribution in [0.15, 0.2) is 29.6 Å². The fourth-order valence-corrected chi connectivity index (χ4v) is 2.96. The number of amides is 1. The number of rotatable bonds is 7. The molecule has 4 nitrogen and oxygen atoms in total. The molecule has 0 saturated heterocycles. The average Bonchev–Trinajstić information content (AvgIpc) is 2.92. The van der Waals surface area contributed by atoms with Crippen molar-refractivity contribution in [2.75, 3.05) is 20.3 Å². The van der Waals surface area contributed by atoms with Gasteiger partial charge in [-0.05, 0) is 12.5 Å². The summed E-state index contributed by atoms with van der Waals surface area (Å²) >= 11 is 7.64. The number of carbonyl (C=O) groups is 1. The molecule has 0 saturated carbocycles. The predicted molar refractivity (Wildman–Crippen MR) is 85.8 cm³/mol. The van der Waals surface area contributed by atoms with Crippen LogP contribution in [0.5, 0.6) is 0 Å². The lowest BCUT2D eigenvalue weighted by molar-refractivity contribution is -0.120. The highest BCUT2D eigenvalue weighted by Gasteiger charge is 2.10. The van der Waals surface area contributed by atoms with Crippen LogP contribution in [0, 0.1) is 0 Å². The summed E-state index contributed by atoms with van der Waals surface area (Å²) in [4.78, 5) is 16.2. The third kappa shape index (κ3) is 4.81. The van der Waals surface area contributed by atoms with Gasteiger partial charge >= 0.3 is 0 Å². The van der Waals surface area contributed by atoms with Crippen LogP contribution < -0.4 is 5.32 Å². The highest BCUT2D eigenvalue weighted by atomic mass is 35.5. The molecule has 6 heteroatoms. The maximum Gasteiger partial charge on any atom is 0.226 e. The number of nitrogens with zero attached hydrogens (tertiary/aromatic N) is 1. The third-order valence-electron chi connectivity index (χ3n) is 2.85. The van der Waals surface area contributed by atoms with E-state index in [1.165, 1.54) is 11.3 Å². The molecule has 2 aromatic rings. The zero-order valence-electron chi connectivity index (χ0n) is 11.8. The molecule has 1 aromatic heterocycles. The molecular weight excluding hydrogens is 308 g/mol. The fourth-order valence-electron chi connectivity index (χ4n) is 1.82. The summed E-state index contributed by atoms with van der Waals surface area (Å²) in [7, 11) is 1.65. The van der Waals surface area contributed by atoms with Gasteiger partial charge in [0.1, 0.15) is 5.01 Å². The van der Waals surface area contributed by atoms with Crippen LogP contribution in [0.2, 0.25) is 5.02 Å². The van der Waals surface area contributed by atoms with Crippen molar-refractivity contribution in [3.8, 4) is 10.6 Å². The summed E-state index contributed by atoms with van der Waals surface area (Å²) < 4.78 is 4.93. The first-order valence-electron chi connectivity index (χ1n) is 6.65. The molecule has 1 N–H and O–H groups in total. The van der Waals surface area contributed by atoms with Gasteiger partial charge in [0, 0.05) is 31.2 Å². The van der Waals surface area contributed by atoms with E-state index in [1.54, 1.807) is 7.11 Å². The van der Waals surface area contributed by atoms with Crippen molar-refractivity contribution >= 4 is 28.8 Å². The second-order valence-corrected chi connectivity index (χ2v) is 5.76. The van der Waals surface area contributed by atoms with Crippen molar-refractivity contribution in [1.29, 1.82) is 0 Å². The Labute approximate surface area is 133 Å². The highest BCUT2D eigenvalue weighted by Crippen LogP contribution is 2.30. The molecule has 0 unspecified atom stereocenters. The van der Waals surface area contributed by atoms with E-state index in [4.69, 9.17) is 16.3 Å². The number of carbonyl (C=O) groups excluding carboxylic acids is 1. The minimum absolute atomic E-state index is 0.0258. The van der Waals surface area contributed by atoms with Crippen molar-refractivity contribution in [2.45, 2.75) is 12.8 Å². The van der Waals surface area contributed by atoms with E-state index in [1.807, 2.05) is 29.6 Å². The van der Waals surface area contributed by atoms with Crippen LogP contribution in [0.4, 0.5) is 0 Å². The number of benzene rings is 1. The van der Waals surface area contributed by atoms with E-state index < -0.39 is 0 Å². The van der Waals surface area contributed by atoms with Gasteiger partial charge in [0.2, 0.25) is 5.91 Å². The normalized spacial score (nSPS) is 10.6. The molecule has 2 rings (SSSR count). The molecule has 1 heterocycles. The van der Waals surface area contributed by atoms with Gasteiger partial charge in [0.25, 0.3) is 0 Å². The number of nitrogens with one attached hydrogen (secondary N) is 1. The van der Waals surface area contributed by atoms with E-state index >= 15 is 0 Å². The van der Waals surface area contributed by atoms with Gasteiger partial charge in [-0.3, -0.25) is 4.79 Å². The van der Waals surface area contributed by atoms with Crippen LogP contribution in [-0.2, 0) is 16.0 Å². The lowest BCUT2D eigenvalue weighted by atomic mass is 10.2. The molecule has 0 aliphatic heterocycles. The second kappa shape index (κ2) is 8.12. The molecule has 1 aromatic carbocycles. The minimum Gasteiger partial charge on any atom is -0.385 e. The Balaban J connectivity index is 1.91. The van der Waals surface area contributed by atoms with Crippen molar-refractivity contribution < 1.29 is 9.53 Å². The molecular formula is C15H17ClN2O2S. The van der Waals surface area contributed by atoms with Gasteiger partial charge < -0.3 is 10.1 Å². The second-order valence-electron chi connectivity index (χ2n) is 4.50. The van der Waals surface area contributed by atoms with E-state index in [2.05, 4.69) is 10.3 Å². The Kier molecular flexibility index (Phi) is 6.17. The Bertz CT molecular complexity index is 601. The fraction of sp³-hybridized carbons (Fsp3) is 0.333. The smallest absolute Gasteiger partial charge is 0.226 e. The molecule has 0 radical (unpaired) electrons. The molecule has 0 bridgehead atoms. The highest BCUT2D eigenvalue weighted by molar-refractivity contribution is 7.13. The first-order chi connectivity index (χ1) is 10.2. The molecule has 21 heavy (non-hydrogen) atoms. The predicted octanol–water partition coefficient (Wildman–Crippen LogP) is 3.16. The van der Waals surface area contributed by atoms with E-state index in [0.717, 1.165) is 22.7 Å². The van der Waals surface area contributed by atoms with Crippen molar-refractivity contribution in [3.63, 3.8) is 0 Å². The molecule has 0 fully saturated rings. The van der Waals surface area contributed by atoms with Gasteiger partial charge in [-0.25, -0.2) is 4.98 Å². The summed E-state index contributed by atoms with van der Waals surface area (Å²) in [6.45, 7) is 1.27. The maximum absolute atomic E-state index is 11.8. The number of halogens is 1. The van der Waals surface area contributed by atoms with Crippen molar-refractivity contribution in [1.82, 2.24) is 10.3 Å². The lowest BCUT2D eigenvalue weighted by Crippen LogP contribution is -2.26. The van der Waals surface area contributed by atoms with E-state index in [9.17, 15) is 4.79 Å². The van der Waals surface area contributed by atoms with Crippen molar-refractivity contribution in [2.24, 2.45) is 0 Å². The number of aromatic nitrogens is 1. The molecule has 112 valence electrons. The Hall–Kier alpha value is -1.43. The van der Waals surface area contributed by atoms with Crippen LogP contribution in [-0.4, -0.2) is 31.2 Å². The van der Waals surface area contributed by atoms with E-state index in [-0.39, 0.29) is 12.3 Å². The number of hydrogen-bond donors (Lipinski definition) is 1. The summed E-state index contributed by atoms with van der Waals surface area (Å²) in [5, 5.41) is 6.25. The quantitative estimate of drug-likeness (QED) is 0.796. The standard InChI is InChI=1S/C15H17ClN2O2S/c1-20-8-4-7-17-14(19)9-11-10-21-15(18-11)12-5-2-3-6-13(12)16/h2-3,5-6,10H,4,7-9H2,1H3,(H,17,19). The summed E-state index contributed by atoms with van der Waals surface area (Å²) in [5.74, 6) is -0.0258. The zero-order valence-corrected chi connectivity index (χ0v) is 13.3. The average molecular weight is 325 g/mol. The summed E-state index contributed by atoms with van der Waals surface area (Å²) in [6.07, 6.45) is 1.10. The Morgan fingerprint density at radius 1 is 1.43 bits per heavy atom.